The number of phenolic OH excluding ortho intramolecular Hbond substituents is 1. The van der Waals surface area contributed by atoms with Crippen LogP contribution in [0.5, 0.6) is 5.75 Å². The van der Waals surface area contributed by atoms with E-state index in [-0.39, 0.29) is 35.1 Å². The molecule has 0 aliphatic carbocycles. The predicted molar refractivity (Wildman–Crippen MR) is 126 cm³/mol. The van der Waals surface area contributed by atoms with Crippen molar-refractivity contribution in [2.24, 2.45) is 15.2 Å². The Morgan fingerprint density at radius 2 is 2.00 bits per heavy atom. The minimum Gasteiger partial charge on any atom is -0.507 e. The van der Waals surface area contributed by atoms with Crippen LogP contribution in [0, 0.1) is 6.92 Å². The van der Waals surface area contributed by atoms with E-state index in [1.807, 2.05) is 11.8 Å². The van der Waals surface area contributed by atoms with Gasteiger partial charge in [0.15, 0.2) is 11.2 Å². The van der Waals surface area contributed by atoms with Gasteiger partial charge < -0.3 is 5.11 Å². The van der Waals surface area contributed by atoms with Crippen LogP contribution in [-0.4, -0.2) is 67.2 Å². The number of piperazine rings is 1. The maximum absolute atomic E-state index is 13.0. The van der Waals surface area contributed by atoms with Gasteiger partial charge in [0.1, 0.15) is 5.75 Å². The van der Waals surface area contributed by atoms with Gasteiger partial charge in [0.25, 0.3) is 0 Å². The monoisotopic (exact) mass is 499 g/mol. The molecule has 1 aliphatic heterocycles. The average molecular weight is 500 g/mol. The maximum atomic E-state index is 13.0. The summed E-state index contributed by atoms with van der Waals surface area (Å²) in [6.07, 6.45) is -3.05. The molecule has 1 saturated heterocycles. The van der Waals surface area contributed by atoms with Gasteiger partial charge in [-0.2, -0.15) is 18.3 Å². The first-order chi connectivity index (χ1) is 16.0. The van der Waals surface area contributed by atoms with Crippen molar-refractivity contribution in [1.82, 2.24) is 18.9 Å². The highest BCUT2D eigenvalue weighted by Gasteiger charge is 2.32. The van der Waals surface area contributed by atoms with Crippen molar-refractivity contribution in [2.45, 2.75) is 26.1 Å². The first kappa shape index (κ1) is 27.4. The molecule has 0 spiro atoms. The number of alkyl halides is 3. The Hall–Kier alpha value is -2.87. The van der Waals surface area contributed by atoms with E-state index >= 15 is 0 Å². The lowest BCUT2D eigenvalue weighted by Crippen LogP contribution is -2.53. The Balaban J connectivity index is 0.00000199. The summed E-state index contributed by atoms with van der Waals surface area (Å²) in [4.78, 5) is 10.9. The quantitative estimate of drug-likeness (QED) is 0.485. The van der Waals surface area contributed by atoms with Crippen LogP contribution in [-0.2, 0) is 17.3 Å². The SMILES string of the molecule is C=C.C=Nn1ccc(-c2c(C)cc(C(F)(F)F)cc2O)n/c1=N/CN1CCN(S(N)=O)[C@H](C)C1. The molecule has 13 heteroatoms. The van der Waals surface area contributed by atoms with Gasteiger partial charge in [-0.3, -0.25) is 4.90 Å². The summed E-state index contributed by atoms with van der Waals surface area (Å²) in [5.74, 6) is -0.528. The van der Waals surface area contributed by atoms with Crippen molar-refractivity contribution in [3.8, 4) is 17.0 Å². The number of rotatable bonds is 5. The van der Waals surface area contributed by atoms with Crippen LogP contribution in [0.15, 0.2) is 47.6 Å². The lowest BCUT2D eigenvalue weighted by molar-refractivity contribution is -0.137. The number of aromatic hydroxyl groups is 1. The van der Waals surface area contributed by atoms with Gasteiger partial charge in [-0.25, -0.2) is 28.3 Å². The van der Waals surface area contributed by atoms with Gasteiger partial charge >= 0.3 is 6.18 Å². The van der Waals surface area contributed by atoms with E-state index < -0.39 is 28.7 Å². The Labute approximate surface area is 198 Å². The molecule has 2 heterocycles. The molecule has 0 radical (unpaired) electrons. The van der Waals surface area contributed by atoms with E-state index in [1.165, 1.54) is 23.9 Å². The average Bonchev–Trinajstić information content (AvgIpc) is 2.78. The van der Waals surface area contributed by atoms with Crippen LogP contribution < -0.4 is 10.8 Å². The lowest BCUT2D eigenvalue weighted by atomic mass is 10.0. The number of benzene rings is 1. The number of hydrogen-bond donors (Lipinski definition) is 2. The van der Waals surface area contributed by atoms with E-state index in [2.05, 4.69) is 35.0 Å². The van der Waals surface area contributed by atoms with E-state index in [0.29, 0.717) is 25.7 Å². The number of phenols is 1. The largest absolute Gasteiger partial charge is 0.507 e. The highest BCUT2D eigenvalue weighted by Crippen LogP contribution is 2.38. The number of nitrogens with zero attached hydrogens (tertiary/aromatic N) is 6. The Morgan fingerprint density at radius 3 is 2.53 bits per heavy atom. The summed E-state index contributed by atoms with van der Waals surface area (Å²) in [6.45, 7) is 14.8. The van der Waals surface area contributed by atoms with Crippen molar-refractivity contribution in [2.75, 3.05) is 26.3 Å². The zero-order valence-electron chi connectivity index (χ0n) is 19.0. The summed E-state index contributed by atoms with van der Waals surface area (Å²) >= 11 is -1.54. The molecule has 0 bridgehead atoms. The molecule has 186 valence electrons. The van der Waals surface area contributed by atoms with Gasteiger partial charge in [0.2, 0.25) is 5.62 Å². The first-order valence-corrected chi connectivity index (χ1v) is 11.3. The van der Waals surface area contributed by atoms with Gasteiger partial charge in [-0.15, -0.1) is 13.2 Å². The van der Waals surface area contributed by atoms with Crippen molar-refractivity contribution < 1.29 is 22.5 Å². The highest BCUT2D eigenvalue weighted by molar-refractivity contribution is 7.80. The second-order valence-electron chi connectivity index (χ2n) is 7.43. The van der Waals surface area contributed by atoms with Crippen LogP contribution in [0.4, 0.5) is 13.2 Å². The summed E-state index contributed by atoms with van der Waals surface area (Å²) in [6, 6.07) is 3.12. The summed E-state index contributed by atoms with van der Waals surface area (Å²) in [5.41, 5.74) is -0.109. The first-order valence-electron chi connectivity index (χ1n) is 10.1. The molecule has 0 saturated carbocycles. The fourth-order valence-corrected chi connectivity index (χ4v) is 4.29. The zero-order valence-corrected chi connectivity index (χ0v) is 19.8. The highest BCUT2D eigenvalue weighted by atomic mass is 32.2. The molecule has 1 fully saturated rings. The third kappa shape index (κ3) is 6.38. The second-order valence-corrected chi connectivity index (χ2v) is 8.45. The summed E-state index contributed by atoms with van der Waals surface area (Å²) in [7, 11) is 0. The summed E-state index contributed by atoms with van der Waals surface area (Å²) < 4.78 is 53.6. The minimum absolute atomic E-state index is 0.0273. The molecule has 2 aromatic rings. The number of halogens is 3. The molecule has 1 aliphatic rings. The molecule has 0 amide bonds. The van der Waals surface area contributed by atoms with Crippen molar-refractivity contribution >= 4 is 17.9 Å². The number of aromatic nitrogens is 2. The predicted octanol–water partition coefficient (Wildman–Crippen LogP) is 2.25. The van der Waals surface area contributed by atoms with E-state index in [1.54, 1.807) is 4.31 Å². The number of hydrogen-bond acceptors (Lipinski definition) is 6. The van der Waals surface area contributed by atoms with Crippen LogP contribution in [0.25, 0.3) is 11.3 Å². The van der Waals surface area contributed by atoms with Crippen molar-refractivity contribution in [1.29, 1.82) is 0 Å². The molecule has 1 aromatic heterocycles. The van der Waals surface area contributed by atoms with E-state index in [0.717, 1.165) is 6.07 Å². The molecule has 2 atom stereocenters. The number of aryl methyl sites for hydroxylation is 1. The lowest BCUT2D eigenvalue weighted by Gasteiger charge is -2.36. The van der Waals surface area contributed by atoms with Crippen molar-refractivity contribution in [3.05, 3.63) is 54.3 Å². The molecule has 34 heavy (non-hydrogen) atoms. The number of nitrogens with two attached hydrogens (primary N) is 1. The normalized spacial score (nSPS) is 18.8. The van der Waals surface area contributed by atoms with Gasteiger partial charge in [0.05, 0.1) is 17.9 Å². The fraction of sp³-hybridized carbons (Fsp3) is 0.381. The third-order valence-electron chi connectivity index (χ3n) is 5.14. The summed E-state index contributed by atoms with van der Waals surface area (Å²) in [5, 5.41) is 19.6. The second kappa shape index (κ2) is 11.5. The third-order valence-corrected chi connectivity index (χ3v) is 6.15. The topological polar surface area (TPSA) is 112 Å². The molecule has 3 rings (SSSR count). The maximum Gasteiger partial charge on any atom is 0.416 e. The van der Waals surface area contributed by atoms with E-state index in [4.69, 9.17) is 5.14 Å². The smallest absolute Gasteiger partial charge is 0.416 e. The molecular formula is C21H28F3N7O2S. The van der Waals surface area contributed by atoms with Crippen LogP contribution in [0.3, 0.4) is 0 Å². The van der Waals surface area contributed by atoms with Crippen LogP contribution in [0.2, 0.25) is 0 Å². The Bertz CT molecular complexity index is 1100. The van der Waals surface area contributed by atoms with Gasteiger partial charge in [-0.1, -0.05) is 0 Å². The fourth-order valence-electron chi connectivity index (χ4n) is 3.60. The molecule has 1 unspecified atom stereocenters. The molecule has 1 aromatic carbocycles. The standard InChI is InChI=1S/C19H24F3N7O2S.C2H4/c1-12-8-14(19(20,21)22)9-16(30)17(12)15-4-5-28(24-3)18(26-15)25-11-27-6-7-29(32(23)31)13(2)10-27;1-2/h4-5,8-9,13,30H,3,6-7,10-11,23H2,1-2H3;1-2H2/b25-18-;/t13-,32?;/m1./s1. The Kier molecular flexibility index (Phi) is 9.27. The zero-order chi connectivity index (χ0) is 25.6. The molecule has 9 nitrogen and oxygen atoms in total. The van der Waals surface area contributed by atoms with Crippen molar-refractivity contribution in [3.63, 3.8) is 0 Å². The van der Waals surface area contributed by atoms with Crippen LogP contribution in [0.1, 0.15) is 18.1 Å². The van der Waals surface area contributed by atoms with Crippen LogP contribution >= 0.6 is 0 Å². The molecule has 3 N–H and O–H groups in total. The minimum atomic E-state index is -4.57. The van der Waals surface area contributed by atoms with Gasteiger partial charge in [0, 0.05) is 44.2 Å². The van der Waals surface area contributed by atoms with E-state index in [9.17, 15) is 22.5 Å². The van der Waals surface area contributed by atoms with Gasteiger partial charge in [-0.05, 0) is 37.6 Å². The molecular weight excluding hydrogens is 471 g/mol. The Morgan fingerprint density at radius 1 is 1.32 bits per heavy atom.